The molecule has 120 valence electrons. The predicted octanol–water partition coefficient (Wildman–Crippen LogP) is 1.14. The number of hydrogen-bond donors (Lipinski definition) is 3. The number of likely N-dealkylation sites (N-methyl/N-ethyl adjacent to an activating group) is 1. The van der Waals surface area contributed by atoms with Gasteiger partial charge in [0.05, 0.1) is 12.6 Å². The molecule has 1 fully saturated rings. The Balaban J connectivity index is 1.79. The summed E-state index contributed by atoms with van der Waals surface area (Å²) in [5.41, 5.74) is 1.25. The van der Waals surface area contributed by atoms with Crippen molar-refractivity contribution in [3.05, 3.63) is 29.8 Å². The smallest absolute Gasteiger partial charge is 0.251 e. The van der Waals surface area contributed by atoms with Gasteiger partial charge in [-0.1, -0.05) is 6.92 Å². The monoisotopic (exact) mass is 305 g/mol. The van der Waals surface area contributed by atoms with Gasteiger partial charge in [-0.15, -0.1) is 0 Å². The van der Waals surface area contributed by atoms with Crippen LogP contribution in [-0.4, -0.2) is 44.2 Å². The van der Waals surface area contributed by atoms with Crippen molar-refractivity contribution < 1.29 is 14.3 Å². The average molecular weight is 305 g/mol. The van der Waals surface area contributed by atoms with E-state index in [1.807, 2.05) is 6.92 Å². The number of carbonyl (C=O) groups is 2. The third kappa shape index (κ3) is 5.13. The van der Waals surface area contributed by atoms with Crippen molar-refractivity contribution in [2.24, 2.45) is 0 Å². The Morgan fingerprint density at radius 3 is 2.68 bits per heavy atom. The molecule has 1 atom stereocenters. The third-order valence-corrected chi connectivity index (χ3v) is 3.48. The van der Waals surface area contributed by atoms with Crippen molar-refractivity contribution in [1.82, 2.24) is 10.6 Å². The molecule has 1 heterocycles. The highest BCUT2D eigenvalue weighted by Crippen LogP contribution is 2.12. The van der Waals surface area contributed by atoms with Crippen molar-refractivity contribution in [2.75, 3.05) is 31.6 Å². The zero-order chi connectivity index (χ0) is 15.8. The van der Waals surface area contributed by atoms with Crippen LogP contribution in [0, 0.1) is 0 Å². The molecule has 1 aromatic carbocycles. The van der Waals surface area contributed by atoms with Gasteiger partial charge < -0.3 is 20.7 Å². The minimum atomic E-state index is -0.124. The van der Waals surface area contributed by atoms with E-state index in [2.05, 4.69) is 16.0 Å². The standard InChI is InChI=1S/C16H23N3O3/c1-2-17-11-15(20)19-13-7-5-12(6-8-13)16(21)18-10-14-4-3-9-22-14/h5-8,14,17H,2-4,9-11H2,1H3,(H,18,21)(H,19,20). The summed E-state index contributed by atoms with van der Waals surface area (Å²) in [6.07, 6.45) is 2.19. The van der Waals surface area contributed by atoms with Gasteiger partial charge in [-0.2, -0.15) is 0 Å². The summed E-state index contributed by atoms with van der Waals surface area (Å²) < 4.78 is 5.47. The first-order chi connectivity index (χ1) is 10.7. The summed E-state index contributed by atoms with van der Waals surface area (Å²) in [5, 5.41) is 8.59. The lowest BCUT2D eigenvalue weighted by atomic mass is 10.2. The quantitative estimate of drug-likeness (QED) is 0.706. The second kappa shape index (κ2) is 8.51. The number of rotatable bonds is 7. The molecule has 0 radical (unpaired) electrons. The highest BCUT2D eigenvalue weighted by molar-refractivity contribution is 5.96. The fraction of sp³-hybridized carbons (Fsp3) is 0.500. The molecule has 22 heavy (non-hydrogen) atoms. The van der Waals surface area contributed by atoms with Crippen LogP contribution in [0.2, 0.25) is 0 Å². The number of carbonyl (C=O) groups excluding carboxylic acids is 2. The van der Waals surface area contributed by atoms with Crippen LogP contribution in [0.3, 0.4) is 0 Å². The Morgan fingerprint density at radius 2 is 2.05 bits per heavy atom. The molecule has 1 aromatic rings. The van der Waals surface area contributed by atoms with Crippen molar-refractivity contribution in [2.45, 2.75) is 25.9 Å². The third-order valence-electron chi connectivity index (χ3n) is 3.48. The fourth-order valence-electron chi connectivity index (χ4n) is 2.26. The molecule has 0 aromatic heterocycles. The summed E-state index contributed by atoms with van der Waals surface area (Å²) in [4.78, 5) is 23.6. The SMILES string of the molecule is CCNCC(=O)Nc1ccc(C(=O)NCC2CCCO2)cc1. The molecule has 1 aliphatic rings. The van der Waals surface area contributed by atoms with Gasteiger partial charge in [0.15, 0.2) is 0 Å². The Labute approximate surface area is 130 Å². The van der Waals surface area contributed by atoms with Crippen LogP contribution in [0.25, 0.3) is 0 Å². The molecule has 0 spiro atoms. The van der Waals surface area contributed by atoms with E-state index in [0.717, 1.165) is 26.0 Å². The van der Waals surface area contributed by atoms with Gasteiger partial charge in [-0.3, -0.25) is 9.59 Å². The number of hydrogen-bond acceptors (Lipinski definition) is 4. The molecule has 3 N–H and O–H groups in total. The highest BCUT2D eigenvalue weighted by Gasteiger charge is 2.16. The molecule has 1 aliphatic heterocycles. The molecule has 0 bridgehead atoms. The lowest BCUT2D eigenvalue weighted by Gasteiger charge is -2.11. The summed E-state index contributed by atoms with van der Waals surface area (Å²) in [5.74, 6) is -0.224. The van der Waals surface area contributed by atoms with Gasteiger partial charge in [-0.25, -0.2) is 0 Å². The zero-order valence-corrected chi connectivity index (χ0v) is 12.9. The lowest BCUT2D eigenvalue weighted by molar-refractivity contribution is -0.115. The summed E-state index contributed by atoms with van der Waals surface area (Å²) >= 11 is 0. The minimum absolute atomic E-state index is 0.0996. The molecule has 1 saturated heterocycles. The first kappa shape index (κ1) is 16.5. The van der Waals surface area contributed by atoms with Crippen molar-refractivity contribution in [1.29, 1.82) is 0 Å². The average Bonchev–Trinajstić information content (AvgIpc) is 3.05. The van der Waals surface area contributed by atoms with Crippen LogP contribution >= 0.6 is 0 Å². The molecule has 0 saturated carbocycles. The molecular weight excluding hydrogens is 282 g/mol. The van der Waals surface area contributed by atoms with Crippen LogP contribution in [0.4, 0.5) is 5.69 Å². The summed E-state index contributed by atoms with van der Waals surface area (Å²) in [6, 6.07) is 6.86. The van der Waals surface area contributed by atoms with E-state index in [1.165, 1.54) is 0 Å². The maximum atomic E-state index is 12.0. The van der Waals surface area contributed by atoms with E-state index in [0.29, 0.717) is 17.8 Å². The van der Waals surface area contributed by atoms with Crippen LogP contribution < -0.4 is 16.0 Å². The number of amides is 2. The molecule has 0 aliphatic carbocycles. The molecular formula is C16H23N3O3. The van der Waals surface area contributed by atoms with Gasteiger partial charge in [0.1, 0.15) is 0 Å². The van der Waals surface area contributed by atoms with E-state index in [1.54, 1.807) is 24.3 Å². The van der Waals surface area contributed by atoms with Gasteiger partial charge in [0.25, 0.3) is 5.91 Å². The molecule has 1 unspecified atom stereocenters. The minimum Gasteiger partial charge on any atom is -0.376 e. The van der Waals surface area contributed by atoms with Crippen LogP contribution in [0.5, 0.6) is 0 Å². The molecule has 2 amide bonds. The van der Waals surface area contributed by atoms with Crippen molar-refractivity contribution in [3.8, 4) is 0 Å². The number of anilines is 1. The van der Waals surface area contributed by atoms with Crippen molar-refractivity contribution >= 4 is 17.5 Å². The molecule has 2 rings (SSSR count). The van der Waals surface area contributed by atoms with E-state index in [-0.39, 0.29) is 24.5 Å². The summed E-state index contributed by atoms with van der Waals surface area (Å²) in [6.45, 7) is 4.29. The molecule has 6 heteroatoms. The Kier molecular flexibility index (Phi) is 6.36. The van der Waals surface area contributed by atoms with E-state index in [4.69, 9.17) is 4.74 Å². The predicted molar refractivity (Wildman–Crippen MR) is 84.9 cm³/mol. The normalized spacial score (nSPS) is 17.2. The highest BCUT2D eigenvalue weighted by atomic mass is 16.5. The first-order valence-corrected chi connectivity index (χ1v) is 7.69. The topological polar surface area (TPSA) is 79.5 Å². The second-order valence-electron chi connectivity index (χ2n) is 5.25. The largest absolute Gasteiger partial charge is 0.376 e. The lowest BCUT2D eigenvalue weighted by Crippen LogP contribution is -2.31. The molecule has 6 nitrogen and oxygen atoms in total. The van der Waals surface area contributed by atoms with Gasteiger partial charge in [0, 0.05) is 24.4 Å². The second-order valence-corrected chi connectivity index (χ2v) is 5.25. The zero-order valence-electron chi connectivity index (χ0n) is 12.9. The Bertz CT molecular complexity index is 496. The maximum Gasteiger partial charge on any atom is 0.251 e. The van der Waals surface area contributed by atoms with E-state index < -0.39 is 0 Å². The Hall–Kier alpha value is -1.92. The van der Waals surface area contributed by atoms with Gasteiger partial charge in [0.2, 0.25) is 5.91 Å². The van der Waals surface area contributed by atoms with Gasteiger partial charge in [-0.05, 0) is 43.7 Å². The van der Waals surface area contributed by atoms with Crippen LogP contribution in [-0.2, 0) is 9.53 Å². The number of ether oxygens (including phenoxy) is 1. The van der Waals surface area contributed by atoms with Crippen LogP contribution in [0.15, 0.2) is 24.3 Å². The Morgan fingerprint density at radius 1 is 1.27 bits per heavy atom. The fourth-order valence-corrected chi connectivity index (χ4v) is 2.26. The van der Waals surface area contributed by atoms with E-state index in [9.17, 15) is 9.59 Å². The maximum absolute atomic E-state index is 12.0. The van der Waals surface area contributed by atoms with E-state index >= 15 is 0 Å². The van der Waals surface area contributed by atoms with Crippen LogP contribution in [0.1, 0.15) is 30.1 Å². The van der Waals surface area contributed by atoms with Crippen molar-refractivity contribution in [3.63, 3.8) is 0 Å². The number of nitrogens with one attached hydrogen (secondary N) is 3. The first-order valence-electron chi connectivity index (χ1n) is 7.69. The summed E-state index contributed by atoms with van der Waals surface area (Å²) in [7, 11) is 0. The number of benzene rings is 1. The van der Waals surface area contributed by atoms with Gasteiger partial charge >= 0.3 is 0 Å².